The van der Waals surface area contributed by atoms with Crippen molar-refractivity contribution in [3.8, 4) is 0 Å². The Balaban J connectivity index is 2.31. The summed E-state index contributed by atoms with van der Waals surface area (Å²) in [6.07, 6.45) is 0.449. The molecule has 0 radical (unpaired) electrons. The number of fused-ring (bicyclic) bond motifs is 1. The maximum atomic E-state index is 11.6. The molecule has 1 heterocycles. The molecule has 1 amide bonds. The van der Waals surface area contributed by atoms with Crippen LogP contribution in [0.25, 0.3) is 11.0 Å². The van der Waals surface area contributed by atoms with Crippen molar-refractivity contribution in [2.75, 3.05) is 14.1 Å². The lowest BCUT2D eigenvalue weighted by Gasteiger charge is -2.10. The van der Waals surface area contributed by atoms with Crippen LogP contribution >= 0.6 is 28.1 Å². The molecule has 0 aliphatic heterocycles. The molecule has 1 aromatic carbocycles. The molecule has 0 saturated carbocycles. The van der Waals surface area contributed by atoms with Crippen molar-refractivity contribution in [1.82, 2.24) is 14.5 Å². The lowest BCUT2D eigenvalue weighted by atomic mass is 10.3. The second-order valence-corrected chi connectivity index (χ2v) is 5.58. The molecule has 6 heteroatoms. The molecule has 0 unspecified atom stereocenters. The predicted molar refractivity (Wildman–Crippen MR) is 78.1 cm³/mol. The zero-order valence-electron chi connectivity index (χ0n) is 10.2. The fraction of sp³-hybridized carbons (Fsp3) is 0.333. The minimum Gasteiger partial charge on any atom is -0.349 e. The van der Waals surface area contributed by atoms with Crippen LogP contribution < -0.4 is 0 Å². The van der Waals surface area contributed by atoms with Crippen LogP contribution in [0.5, 0.6) is 0 Å². The van der Waals surface area contributed by atoms with Crippen molar-refractivity contribution in [2.45, 2.75) is 13.0 Å². The number of imidazole rings is 1. The zero-order valence-corrected chi connectivity index (χ0v) is 12.6. The summed E-state index contributed by atoms with van der Waals surface area (Å²) in [4.78, 5) is 16.3. The van der Waals surface area contributed by atoms with Crippen LogP contribution in [-0.4, -0.2) is 34.5 Å². The van der Waals surface area contributed by atoms with E-state index in [1.807, 2.05) is 22.8 Å². The van der Waals surface area contributed by atoms with Gasteiger partial charge in [0.1, 0.15) is 0 Å². The summed E-state index contributed by atoms with van der Waals surface area (Å²) in [5, 5.41) is 0. The minimum absolute atomic E-state index is 0.100. The largest absolute Gasteiger partial charge is 0.349 e. The number of aryl methyl sites for hydroxylation is 1. The van der Waals surface area contributed by atoms with E-state index in [2.05, 4.69) is 20.9 Å². The van der Waals surface area contributed by atoms with E-state index in [-0.39, 0.29) is 5.91 Å². The molecular formula is C12H14BrN3OS. The molecule has 4 nitrogen and oxygen atoms in total. The summed E-state index contributed by atoms with van der Waals surface area (Å²) in [6.45, 7) is 0.595. The highest BCUT2D eigenvalue weighted by Gasteiger charge is 2.08. The van der Waals surface area contributed by atoms with Gasteiger partial charge in [-0.1, -0.05) is 15.9 Å². The molecule has 0 aliphatic rings. The van der Waals surface area contributed by atoms with Gasteiger partial charge in [0.15, 0.2) is 4.77 Å². The van der Waals surface area contributed by atoms with Crippen LogP contribution in [0, 0.1) is 4.77 Å². The van der Waals surface area contributed by atoms with E-state index < -0.39 is 0 Å². The zero-order chi connectivity index (χ0) is 13.3. The van der Waals surface area contributed by atoms with Gasteiger partial charge in [-0.15, -0.1) is 0 Å². The Morgan fingerprint density at radius 3 is 2.89 bits per heavy atom. The third-order valence-corrected chi connectivity index (χ3v) is 3.60. The summed E-state index contributed by atoms with van der Waals surface area (Å²) in [6, 6.07) is 5.94. The summed E-state index contributed by atoms with van der Waals surface area (Å²) in [7, 11) is 3.52. The number of hydrogen-bond donors (Lipinski definition) is 1. The molecular weight excluding hydrogens is 314 g/mol. The molecule has 0 spiro atoms. The van der Waals surface area contributed by atoms with Gasteiger partial charge in [-0.2, -0.15) is 0 Å². The Kier molecular flexibility index (Phi) is 3.87. The highest BCUT2D eigenvalue weighted by molar-refractivity contribution is 9.10. The molecule has 1 aromatic heterocycles. The number of benzene rings is 1. The lowest BCUT2D eigenvalue weighted by molar-refractivity contribution is -0.128. The molecule has 2 rings (SSSR count). The van der Waals surface area contributed by atoms with Crippen molar-refractivity contribution in [2.24, 2.45) is 0 Å². The molecule has 1 N–H and O–H groups in total. The second-order valence-electron chi connectivity index (χ2n) is 4.28. The first-order valence-electron chi connectivity index (χ1n) is 5.57. The van der Waals surface area contributed by atoms with Crippen molar-refractivity contribution in [3.05, 3.63) is 27.4 Å². The summed E-state index contributed by atoms with van der Waals surface area (Å²) >= 11 is 8.70. The average Bonchev–Trinajstić information content (AvgIpc) is 2.60. The van der Waals surface area contributed by atoms with Gasteiger partial charge in [0.05, 0.1) is 11.0 Å². The van der Waals surface area contributed by atoms with Gasteiger partial charge in [-0.05, 0) is 30.4 Å². The van der Waals surface area contributed by atoms with E-state index in [0.29, 0.717) is 17.7 Å². The second kappa shape index (κ2) is 5.24. The standard InChI is InChI=1S/C12H14BrN3OS/c1-15(2)11(17)5-6-16-10-4-3-8(13)7-9(10)14-12(16)18/h3-4,7H,5-6H2,1-2H3,(H,14,18). The molecule has 0 aliphatic carbocycles. The van der Waals surface area contributed by atoms with Gasteiger partial charge in [0, 0.05) is 31.5 Å². The van der Waals surface area contributed by atoms with Crippen molar-refractivity contribution < 1.29 is 4.79 Å². The number of rotatable bonds is 3. The number of nitrogens with zero attached hydrogens (tertiary/aromatic N) is 2. The molecule has 0 bridgehead atoms. The summed E-state index contributed by atoms with van der Waals surface area (Å²) in [5.41, 5.74) is 2.00. The van der Waals surface area contributed by atoms with Crippen LogP contribution in [0.15, 0.2) is 22.7 Å². The van der Waals surface area contributed by atoms with E-state index in [0.717, 1.165) is 15.5 Å². The Bertz CT molecular complexity index is 644. The van der Waals surface area contributed by atoms with Gasteiger partial charge in [0.2, 0.25) is 5.91 Å². The molecule has 2 aromatic rings. The van der Waals surface area contributed by atoms with Gasteiger partial charge >= 0.3 is 0 Å². The van der Waals surface area contributed by atoms with Crippen LogP contribution in [0.4, 0.5) is 0 Å². The van der Waals surface area contributed by atoms with Gasteiger partial charge in [-0.3, -0.25) is 4.79 Å². The predicted octanol–water partition coefficient (Wildman–Crippen LogP) is 2.94. The number of nitrogens with one attached hydrogen (secondary N) is 1. The summed E-state index contributed by atoms with van der Waals surface area (Å²) in [5.74, 6) is 0.100. The first kappa shape index (κ1) is 13.3. The maximum absolute atomic E-state index is 11.6. The number of aromatic amines is 1. The quantitative estimate of drug-likeness (QED) is 0.880. The average molecular weight is 328 g/mol. The number of amides is 1. The van der Waals surface area contributed by atoms with E-state index in [4.69, 9.17) is 12.2 Å². The number of H-pyrrole nitrogens is 1. The van der Waals surface area contributed by atoms with E-state index in [1.165, 1.54) is 0 Å². The van der Waals surface area contributed by atoms with Gasteiger partial charge in [0.25, 0.3) is 0 Å². The topological polar surface area (TPSA) is 41.0 Å². The lowest BCUT2D eigenvalue weighted by Crippen LogP contribution is -2.22. The Morgan fingerprint density at radius 2 is 2.22 bits per heavy atom. The fourth-order valence-electron chi connectivity index (χ4n) is 1.79. The van der Waals surface area contributed by atoms with Crippen LogP contribution in [-0.2, 0) is 11.3 Å². The van der Waals surface area contributed by atoms with E-state index in [9.17, 15) is 4.79 Å². The highest BCUT2D eigenvalue weighted by Crippen LogP contribution is 2.19. The first-order chi connectivity index (χ1) is 8.49. The van der Waals surface area contributed by atoms with Crippen molar-refractivity contribution in [1.29, 1.82) is 0 Å². The van der Waals surface area contributed by atoms with Crippen LogP contribution in [0.2, 0.25) is 0 Å². The van der Waals surface area contributed by atoms with E-state index >= 15 is 0 Å². The number of carbonyl (C=O) groups excluding carboxylic acids is 1. The molecule has 0 saturated heterocycles. The highest BCUT2D eigenvalue weighted by atomic mass is 79.9. The smallest absolute Gasteiger partial charge is 0.223 e. The molecule has 96 valence electrons. The third-order valence-electron chi connectivity index (χ3n) is 2.78. The number of carbonyl (C=O) groups is 1. The van der Waals surface area contributed by atoms with Crippen molar-refractivity contribution in [3.63, 3.8) is 0 Å². The molecule has 0 atom stereocenters. The summed E-state index contributed by atoms with van der Waals surface area (Å²) < 4.78 is 3.61. The monoisotopic (exact) mass is 327 g/mol. The van der Waals surface area contributed by atoms with Crippen molar-refractivity contribution >= 4 is 45.1 Å². The molecule has 18 heavy (non-hydrogen) atoms. The van der Waals surface area contributed by atoms with Gasteiger partial charge in [-0.25, -0.2) is 0 Å². The Morgan fingerprint density at radius 1 is 1.50 bits per heavy atom. The van der Waals surface area contributed by atoms with Crippen LogP contribution in [0.3, 0.4) is 0 Å². The Labute approximate surface area is 119 Å². The maximum Gasteiger partial charge on any atom is 0.223 e. The van der Waals surface area contributed by atoms with E-state index in [1.54, 1.807) is 19.0 Å². The normalized spacial score (nSPS) is 10.8. The first-order valence-corrected chi connectivity index (χ1v) is 6.77. The third kappa shape index (κ3) is 2.64. The number of aromatic nitrogens is 2. The minimum atomic E-state index is 0.100. The fourth-order valence-corrected chi connectivity index (χ4v) is 2.45. The number of halogens is 1. The SMILES string of the molecule is CN(C)C(=O)CCn1c(=S)[nH]c2cc(Br)ccc21. The van der Waals surface area contributed by atoms with Gasteiger partial charge < -0.3 is 14.5 Å². The van der Waals surface area contributed by atoms with Crippen LogP contribution in [0.1, 0.15) is 6.42 Å². The number of hydrogen-bond acceptors (Lipinski definition) is 2. The Hall–Kier alpha value is -1.14. The molecule has 0 fully saturated rings.